The first kappa shape index (κ1) is 10.3. The van der Waals surface area contributed by atoms with Gasteiger partial charge in [-0.05, 0) is 6.07 Å². The van der Waals surface area contributed by atoms with Crippen molar-refractivity contribution in [1.82, 2.24) is 0 Å². The molecule has 0 saturated carbocycles. The van der Waals surface area contributed by atoms with Crippen molar-refractivity contribution < 1.29 is 23.0 Å². The molecule has 0 radical (unpaired) electrons. The minimum Gasteiger partial charge on any atom is -0.480 e. The summed E-state index contributed by atoms with van der Waals surface area (Å²) in [4.78, 5) is 0. The van der Waals surface area contributed by atoms with E-state index in [0.717, 1.165) is 0 Å². The van der Waals surface area contributed by atoms with Crippen LogP contribution in [0.1, 0.15) is 18.1 Å². The zero-order valence-corrected chi connectivity index (χ0v) is 7.66. The van der Waals surface area contributed by atoms with Crippen molar-refractivity contribution in [2.75, 3.05) is 0 Å². The first-order valence-electron chi connectivity index (χ1n) is 4.49. The van der Waals surface area contributed by atoms with Crippen LogP contribution in [0.2, 0.25) is 0 Å². The van der Waals surface area contributed by atoms with Gasteiger partial charge < -0.3 is 9.84 Å². The van der Waals surface area contributed by atoms with Crippen molar-refractivity contribution in [2.24, 2.45) is 0 Å². The molecule has 0 aliphatic carbocycles. The summed E-state index contributed by atoms with van der Waals surface area (Å²) < 4.78 is 41.9. The normalized spacial score (nSPS) is 25.6. The molecule has 0 spiro atoms. The second-order valence-corrected chi connectivity index (χ2v) is 3.44. The Morgan fingerprint density at radius 2 is 1.93 bits per heavy atom. The number of aliphatic hydroxyl groups excluding tert-OH is 1. The zero-order chi connectivity index (χ0) is 11.1. The van der Waals surface area contributed by atoms with E-state index in [1.807, 2.05) is 0 Å². The van der Waals surface area contributed by atoms with E-state index in [1.165, 1.54) is 6.07 Å². The van der Waals surface area contributed by atoms with Crippen molar-refractivity contribution in [3.63, 3.8) is 0 Å². The molecule has 0 unspecified atom stereocenters. The number of alkyl halides is 3. The number of fused-ring (bicyclic) bond motifs is 1. The number of halogens is 3. The van der Waals surface area contributed by atoms with Crippen molar-refractivity contribution in [3.05, 3.63) is 29.8 Å². The standard InChI is InChI=1S/C10H9F3O2/c11-10(12,13)9-5-7(14)6-3-1-2-4-8(6)15-9/h1-4,7,9,14H,5H2/t7-,9+/m1/s1. The third-order valence-corrected chi connectivity index (χ3v) is 2.35. The molecule has 1 aliphatic rings. The van der Waals surface area contributed by atoms with Gasteiger partial charge in [0, 0.05) is 12.0 Å². The van der Waals surface area contributed by atoms with Gasteiger partial charge in [0.15, 0.2) is 6.10 Å². The van der Waals surface area contributed by atoms with Gasteiger partial charge in [0.1, 0.15) is 5.75 Å². The first-order chi connectivity index (χ1) is 6.98. The van der Waals surface area contributed by atoms with Crippen molar-refractivity contribution in [3.8, 4) is 5.75 Å². The highest BCUT2D eigenvalue weighted by molar-refractivity contribution is 5.37. The third kappa shape index (κ3) is 1.92. The molecule has 1 heterocycles. The fourth-order valence-electron chi connectivity index (χ4n) is 1.59. The Labute approximate surface area is 84.3 Å². The van der Waals surface area contributed by atoms with Gasteiger partial charge in [-0.15, -0.1) is 0 Å². The second-order valence-electron chi connectivity index (χ2n) is 3.44. The number of ether oxygens (including phenoxy) is 1. The topological polar surface area (TPSA) is 29.5 Å². The molecule has 0 saturated heterocycles. The average Bonchev–Trinajstić information content (AvgIpc) is 2.16. The average molecular weight is 218 g/mol. The highest BCUT2D eigenvalue weighted by Crippen LogP contribution is 2.39. The number of aliphatic hydroxyl groups is 1. The van der Waals surface area contributed by atoms with Gasteiger partial charge in [0.05, 0.1) is 6.10 Å². The molecule has 0 fully saturated rings. The maximum atomic E-state index is 12.4. The van der Waals surface area contributed by atoms with Crippen molar-refractivity contribution >= 4 is 0 Å². The van der Waals surface area contributed by atoms with Crippen LogP contribution in [0.25, 0.3) is 0 Å². The summed E-state index contributed by atoms with van der Waals surface area (Å²) in [7, 11) is 0. The molecule has 5 heteroatoms. The van der Waals surface area contributed by atoms with E-state index in [2.05, 4.69) is 0 Å². The molecule has 1 aliphatic heterocycles. The van der Waals surface area contributed by atoms with Crippen LogP contribution >= 0.6 is 0 Å². The van der Waals surface area contributed by atoms with Crippen LogP contribution in [-0.4, -0.2) is 17.4 Å². The summed E-state index contributed by atoms with van der Waals surface area (Å²) in [5.74, 6) is 0.110. The first-order valence-corrected chi connectivity index (χ1v) is 4.49. The molecule has 2 atom stereocenters. The van der Waals surface area contributed by atoms with Gasteiger partial charge in [-0.3, -0.25) is 0 Å². The lowest BCUT2D eigenvalue weighted by molar-refractivity contribution is -0.207. The van der Waals surface area contributed by atoms with Crippen LogP contribution in [0.15, 0.2) is 24.3 Å². The molecule has 15 heavy (non-hydrogen) atoms. The Bertz CT molecular complexity index is 362. The highest BCUT2D eigenvalue weighted by atomic mass is 19.4. The number of rotatable bonds is 0. The molecule has 1 aromatic carbocycles. The molecule has 0 aromatic heterocycles. The van der Waals surface area contributed by atoms with Gasteiger partial charge in [0.25, 0.3) is 0 Å². The van der Waals surface area contributed by atoms with Crippen LogP contribution in [0.5, 0.6) is 5.75 Å². The Kier molecular flexibility index (Phi) is 2.34. The van der Waals surface area contributed by atoms with Gasteiger partial charge >= 0.3 is 6.18 Å². The molecule has 1 N–H and O–H groups in total. The van der Waals surface area contributed by atoms with Crippen molar-refractivity contribution in [1.29, 1.82) is 0 Å². The molecule has 1 aromatic rings. The molecule has 0 amide bonds. The molecular weight excluding hydrogens is 209 g/mol. The smallest absolute Gasteiger partial charge is 0.425 e. The number of hydrogen-bond donors (Lipinski definition) is 1. The van der Waals surface area contributed by atoms with E-state index >= 15 is 0 Å². The quantitative estimate of drug-likeness (QED) is 0.724. The molecule has 82 valence electrons. The SMILES string of the molecule is O[C@@H]1C[C@@H](C(F)(F)F)Oc2ccccc21. The van der Waals surface area contributed by atoms with Gasteiger partial charge in [0.2, 0.25) is 0 Å². The highest BCUT2D eigenvalue weighted by Gasteiger charge is 2.45. The predicted octanol–water partition coefficient (Wildman–Crippen LogP) is 2.43. The molecule has 2 nitrogen and oxygen atoms in total. The Morgan fingerprint density at radius 1 is 1.27 bits per heavy atom. The maximum absolute atomic E-state index is 12.4. The monoisotopic (exact) mass is 218 g/mol. The molecule has 2 rings (SSSR count). The van der Waals surface area contributed by atoms with Crippen molar-refractivity contribution in [2.45, 2.75) is 24.8 Å². The Balaban J connectivity index is 2.30. The van der Waals surface area contributed by atoms with Crippen LogP contribution in [-0.2, 0) is 0 Å². The van der Waals surface area contributed by atoms with E-state index < -0.39 is 24.8 Å². The Morgan fingerprint density at radius 3 is 2.60 bits per heavy atom. The molecule has 0 bridgehead atoms. The van der Waals surface area contributed by atoms with E-state index in [1.54, 1.807) is 18.2 Å². The number of benzene rings is 1. The van der Waals surface area contributed by atoms with Crippen LogP contribution in [0, 0.1) is 0 Å². The number of hydrogen-bond acceptors (Lipinski definition) is 2. The second kappa shape index (κ2) is 3.41. The third-order valence-electron chi connectivity index (χ3n) is 2.35. The van der Waals surface area contributed by atoms with Gasteiger partial charge in [-0.2, -0.15) is 13.2 Å². The van der Waals surface area contributed by atoms with E-state index in [4.69, 9.17) is 4.74 Å². The summed E-state index contributed by atoms with van der Waals surface area (Å²) in [5.41, 5.74) is 0.415. The lowest BCUT2D eigenvalue weighted by Gasteiger charge is -2.30. The fourth-order valence-corrected chi connectivity index (χ4v) is 1.59. The van der Waals surface area contributed by atoms with Crippen LogP contribution < -0.4 is 4.74 Å². The fraction of sp³-hybridized carbons (Fsp3) is 0.400. The molecular formula is C10H9F3O2. The zero-order valence-electron chi connectivity index (χ0n) is 7.66. The summed E-state index contributed by atoms with van der Waals surface area (Å²) in [6.45, 7) is 0. The maximum Gasteiger partial charge on any atom is 0.425 e. The summed E-state index contributed by atoms with van der Waals surface area (Å²) in [5, 5.41) is 9.52. The van der Waals surface area contributed by atoms with E-state index in [-0.39, 0.29) is 5.75 Å². The van der Waals surface area contributed by atoms with Gasteiger partial charge in [-0.25, -0.2) is 0 Å². The summed E-state index contributed by atoms with van der Waals surface area (Å²) in [6, 6.07) is 6.21. The summed E-state index contributed by atoms with van der Waals surface area (Å²) >= 11 is 0. The van der Waals surface area contributed by atoms with Gasteiger partial charge in [-0.1, -0.05) is 18.2 Å². The summed E-state index contributed by atoms with van der Waals surface area (Å²) in [6.07, 6.45) is -7.90. The van der Waals surface area contributed by atoms with Crippen LogP contribution in [0.4, 0.5) is 13.2 Å². The van der Waals surface area contributed by atoms with E-state index in [9.17, 15) is 18.3 Å². The lowest BCUT2D eigenvalue weighted by atomic mass is 9.99. The predicted molar refractivity (Wildman–Crippen MR) is 46.5 cm³/mol. The largest absolute Gasteiger partial charge is 0.480 e. The van der Waals surface area contributed by atoms with Crippen LogP contribution in [0.3, 0.4) is 0 Å². The van der Waals surface area contributed by atoms with E-state index in [0.29, 0.717) is 5.56 Å². The minimum absolute atomic E-state index is 0.110. The Hall–Kier alpha value is -1.23. The minimum atomic E-state index is -4.44. The lowest BCUT2D eigenvalue weighted by Crippen LogP contribution is -2.38. The number of para-hydroxylation sites is 1.